The normalized spacial score (nSPS) is 12.2. The summed E-state index contributed by atoms with van der Waals surface area (Å²) in [4.78, 5) is 11.8. The van der Waals surface area contributed by atoms with Crippen molar-refractivity contribution in [2.24, 2.45) is 0 Å². The fraction of sp³-hybridized carbons (Fsp3) is 0.0625. The highest BCUT2D eigenvalue weighted by Gasteiger charge is 1.98. The average Bonchev–Trinajstić information content (AvgIpc) is 2.37. The number of allylic oxidation sites excluding steroid dienone is 7. The van der Waals surface area contributed by atoms with Crippen LogP contribution in [-0.2, 0) is 0 Å². The van der Waals surface area contributed by atoms with Gasteiger partial charge in [-0.05, 0) is 18.6 Å². The zero-order valence-corrected chi connectivity index (χ0v) is 9.97. The number of rotatable bonds is 5. The van der Waals surface area contributed by atoms with Crippen LogP contribution < -0.4 is 0 Å². The molecule has 0 spiro atoms. The van der Waals surface area contributed by atoms with E-state index < -0.39 is 0 Å². The Bertz CT molecular complexity index is 462. The standard InChI is InChI=1S/C16H16O/c1-3-8-14(9-4-2)12-13-16(17)15-10-6-5-7-11-15/h3-13H,1H2,2H3/b9-4-,13-12+,14-8+. The van der Waals surface area contributed by atoms with E-state index in [1.165, 1.54) is 0 Å². The van der Waals surface area contributed by atoms with Gasteiger partial charge in [0.2, 0.25) is 0 Å². The van der Waals surface area contributed by atoms with Crippen molar-refractivity contribution in [3.8, 4) is 0 Å². The van der Waals surface area contributed by atoms with Crippen molar-refractivity contribution < 1.29 is 4.79 Å². The van der Waals surface area contributed by atoms with E-state index in [9.17, 15) is 4.79 Å². The molecule has 0 saturated heterocycles. The number of ketones is 1. The number of hydrogen-bond donors (Lipinski definition) is 0. The maximum absolute atomic E-state index is 11.8. The minimum absolute atomic E-state index is 0.00469. The molecule has 0 heterocycles. The SMILES string of the molecule is C=C/C=C(\C=C/C)/C=C/C(=O)c1ccccc1. The highest BCUT2D eigenvalue weighted by molar-refractivity contribution is 6.04. The first kappa shape index (κ1) is 12.9. The van der Waals surface area contributed by atoms with E-state index in [4.69, 9.17) is 0 Å². The van der Waals surface area contributed by atoms with Crippen molar-refractivity contribution in [2.75, 3.05) is 0 Å². The topological polar surface area (TPSA) is 17.1 Å². The van der Waals surface area contributed by atoms with Crippen LogP contribution in [0, 0.1) is 0 Å². The molecule has 17 heavy (non-hydrogen) atoms. The van der Waals surface area contributed by atoms with Gasteiger partial charge in [-0.25, -0.2) is 0 Å². The van der Waals surface area contributed by atoms with Crippen molar-refractivity contribution in [2.45, 2.75) is 6.92 Å². The number of hydrogen-bond acceptors (Lipinski definition) is 1. The van der Waals surface area contributed by atoms with Crippen molar-refractivity contribution in [3.05, 3.63) is 84.5 Å². The van der Waals surface area contributed by atoms with E-state index in [0.717, 1.165) is 5.57 Å². The number of benzene rings is 1. The summed E-state index contributed by atoms with van der Waals surface area (Å²) in [7, 11) is 0. The minimum atomic E-state index is 0.00469. The average molecular weight is 224 g/mol. The molecule has 0 radical (unpaired) electrons. The lowest BCUT2D eigenvalue weighted by Crippen LogP contribution is -1.92. The largest absolute Gasteiger partial charge is 0.289 e. The maximum atomic E-state index is 11.8. The lowest BCUT2D eigenvalue weighted by atomic mass is 10.1. The number of carbonyl (C=O) groups excluding carboxylic acids is 1. The summed E-state index contributed by atoms with van der Waals surface area (Å²) >= 11 is 0. The Morgan fingerprint density at radius 3 is 2.41 bits per heavy atom. The molecule has 0 atom stereocenters. The fourth-order valence-corrected chi connectivity index (χ4v) is 1.37. The third-order valence-electron chi connectivity index (χ3n) is 2.15. The molecule has 0 unspecified atom stereocenters. The second kappa shape index (κ2) is 7.18. The molecule has 0 bridgehead atoms. The molecule has 1 rings (SSSR count). The minimum Gasteiger partial charge on any atom is -0.289 e. The Labute approximate surface area is 102 Å². The van der Waals surface area contributed by atoms with E-state index in [2.05, 4.69) is 6.58 Å². The Balaban J connectivity index is 2.80. The van der Waals surface area contributed by atoms with E-state index >= 15 is 0 Å². The van der Waals surface area contributed by atoms with Crippen molar-refractivity contribution >= 4 is 5.78 Å². The van der Waals surface area contributed by atoms with Gasteiger partial charge in [-0.2, -0.15) is 0 Å². The van der Waals surface area contributed by atoms with Crippen LogP contribution in [0.4, 0.5) is 0 Å². The van der Waals surface area contributed by atoms with Gasteiger partial charge in [-0.3, -0.25) is 4.79 Å². The lowest BCUT2D eigenvalue weighted by Gasteiger charge is -1.95. The molecule has 1 nitrogen and oxygen atoms in total. The van der Waals surface area contributed by atoms with Crippen LogP contribution >= 0.6 is 0 Å². The molecule has 1 aromatic rings. The first-order chi connectivity index (χ1) is 8.27. The van der Waals surface area contributed by atoms with Crippen LogP contribution in [0.2, 0.25) is 0 Å². The molecule has 1 aromatic carbocycles. The summed E-state index contributed by atoms with van der Waals surface area (Å²) in [6.07, 6.45) is 10.8. The third-order valence-corrected chi connectivity index (χ3v) is 2.15. The summed E-state index contributed by atoms with van der Waals surface area (Å²) in [6.45, 7) is 5.57. The highest BCUT2D eigenvalue weighted by Crippen LogP contribution is 2.04. The van der Waals surface area contributed by atoms with Gasteiger partial charge >= 0.3 is 0 Å². The van der Waals surface area contributed by atoms with Crippen LogP contribution in [0.3, 0.4) is 0 Å². The second-order valence-corrected chi connectivity index (χ2v) is 3.47. The Kier molecular flexibility index (Phi) is 5.45. The summed E-state index contributed by atoms with van der Waals surface area (Å²) in [5.74, 6) is 0.00469. The van der Waals surface area contributed by atoms with Gasteiger partial charge in [-0.15, -0.1) is 0 Å². The van der Waals surface area contributed by atoms with Gasteiger partial charge < -0.3 is 0 Å². The van der Waals surface area contributed by atoms with Crippen molar-refractivity contribution in [1.29, 1.82) is 0 Å². The zero-order valence-electron chi connectivity index (χ0n) is 9.97. The van der Waals surface area contributed by atoms with E-state index in [1.807, 2.05) is 43.4 Å². The van der Waals surface area contributed by atoms with Crippen LogP contribution in [0.15, 0.2) is 78.9 Å². The first-order valence-electron chi connectivity index (χ1n) is 5.51. The molecular formula is C16H16O. The van der Waals surface area contributed by atoms with Crippen LogP contribution in [0.5, 0.6) is 0 Å². The first-order valence-corrected chi connectivity index (χ1v) is 5.51. The van der Waals surface area contributed by atoms with Crippen LogP contribution in [0.1, 0.15) is 17.3 Å². The zero-order chi connectivity index (χ0) is 12.5. The van der Waals surface area contributed by atoms with Gasteiger partial charge in [0.1, 0.15) is 0 Å². The summed E-state index contributed by atoms with van der Waals surface area (Å²) in [5, 5.41) is 0. The number of carbonyl (C=O) groups is 1. The molecule has 0 amide bonds. The lowest BCUT2D eigenvalue weighted by molar-refractivity contribution is 0.104. The van der Waals surface area contributed by atoms with Gasteiger partial charge in [0.15, 0.2) is 5.78 Å². The Hall–Kier alpha value is -2.15. The van der Waals surface area contributed by atoms with E-state index in [0.29, 0.717) is 5.56 Å². The Morgan fingerprint density at radius 1 is 1.12 bits per heavy atom. The van der Waals surface area contributed by atoms with E-state index in [1.54, 1.807) is 30.4 Å². The Morgan fingerprint density at radius 2 is 1.82 bits per heavy atom. The second-order valence-electron chi connectivity index (χ2n) is 3.47. The fourth-order valence-electron chi connectivity index (χ4n) is 1.37. The predicted molar refractivity (Wildman–Crippen MR) is 73.0 cm³/mol. The molecular weight excluding hydrogens is 208 g/mol. The van der Waals surface area contributed by atoms with Gasteiger partial charge in [0.25, 0.3) is 0 Å². The van der Waals surface area contributed by atoms with Crippen LogP contribution in [-0.4, -0.2) is 5.78 Å². The molecule has 0 aliphatic rings. The molecule has 86 valence electrons. The summed E-state index contributed by atoms with van der Waals surface area (Å²) in [5.41, 5.74) is 1.65. The smallest absolute Gasteiger partial charge is 0.185 e. The maximum Gasteiger partial charge on any atom is 0.185 e. The molecule has 0 aliphatic heterocycles. The molecule has 1 heteroatoms. The molecule has 0 aliphatic carbocycles. The quantitative estimate of drug-likeness (QED) is 0.418. The highest BCUT2D eigenvalue weighted by atomic mass is 16.1. The molecule has 0 fully saturated rings. The third kappa shape index (κ3) is 4.47. The monoisotopic (exact) mass is 224 g/mol. The molecule has 0 aromatic heterocycles. The molecule has 0 N–H and O–H groups in total. The summed E-state index contributed by atoms with van der Waals surface area (Å²) in [6, 6.07) is 9.21. The van der Waals surface area contributed by atoms with Gasteiger partial charge in [-0.1, -0.05) is 67.3 Å². The van der Waals surface area contributed by atoms with Gasteiger partial charge in [0.05, 0.1) is 0 Å². The molecule has 0 saturated carbocycles. The van der Waals surface area contributed by atoms with Crippen molar-refractivity contribution in [1.82, 2.24) is 0 Å². The van der Waals surface area contributed by atoms with Gasteiger partial charge in [0, 0.05) is 5.56 Å². The van der Waals surface area contributed by atoms with E-state index in [-0.39, 0.29) is 5.78 Å². The van der Waals surface area contributed by atoms with Crippen LogP contribution in [0.25, 0.3) is 0 Å². The summed E-state index contributed by atoms with van der Waals surface area (Å²) < 4.78 is 0. The predicted octanol–water partition coefficient (Wildman–Crippen LogP) is 4.11. The van der Waals surface area contributed by atoms with Crippen molar-refractivity contribution in [3.63, 3.8) is 0 Å².